The molecule has 14 heavy (non-hydrogen) atoms. The van der Waals surface area contributed by atoms with Crippen LogP contribution in [0.3, 0.4) is 0 Å². The highest BCUT2D eigenvalue weighted by molar-refractivity contribution is 5.80. The molecule has 0 atom stereocenters. The number of amides is 1. The molecule has 0 spiro atoms. The molecule has 0 aromatic carbocycles. The normalized spacial score (nSPS) is 15.4. The highest BCUT2D eigenvalue weighted by Crippen LogP contribution is 2.28. The lowest BCUT2D eigenvalue weighted by atomic mass is 10.3. The fourth-order valence-corrected chi connectivity index (χ4v) is 1.48. The summed E-state index contributed by atoms with van der Waals surface area (Å²) in [5.41, 5.74) is 0. The van der Waals surface area contributed by atoms with Crippen molar-refractivity contribution in [1.29, 1.82) is 0 Å². The van der Waals surface area contributed by atoms with E-state index in [1.54, 1.807) is 0 Å². The van der Waals surface area contributed by atoms with Gasteiger partial charge in [-0.15, -0.1) is 0 Å². The Morgan fingerprint density at radius 1 is 1.36 bits per heavy atom. The first-order valence-electron chi connectivity index (χ1n) is 5.25. The average Bonchev–Trinajstić information content (AvgIpc) is 2.92. The van der Waals surface area contributed by atoms with Crippen LogP contribution >= 0.6 is 0 Å². The Bertz CT molecular complexity index is 288. The first-order chi connectivity index (χ1) is 6.86. The van der Waals surface area contributed by atoms with Crippen molar-refractivity contribution < 1.29 is 4.79 Å². The van der Waals surface area contributed by atoms with Gasteiger partial charge in [-0.25, -0.2) is 0 Å². The van der Waals surface area contributed by atoms with Crippen LogP contribution in [0, 0.1) is 5.92 Å². The van der Waals surface area contributed by atoms with Crippen molar-refractivity contribution in [1.82, 2.24) is 9.88 Å². The zero-order valence-electron chi connectivity index (χ0n) is 8.28. The maximum absolute atomic E-state index is 11.2. The predicted octanol–water partition coefficient (Wildman–Crippen LogP) is 1.40. The number of nitrogens with one attached hydrogen (secondary N) is 1. The van der Waals surface area contributed by atoms with Crippen LogP contribution in [-0.4, -0.2) is 17.0 Å². The van der Waals surface area contributed by atoms with E-state index in [9.17, 15) is 4.79 Å². The molecule has 3 nitrogen and oxygen atoms in total. The number of rotatable bonds is 5. The molecule has 3 heteroatoms. The predicted molar refractivity (Wildman–Crippen MR) is 54.8 cm³/mol. The molecule has 1 heterocycles. The molecule has 0 bridgehead atoms. The van der Waals surface area contributed by atoms with Gasteiger partial charge in [-0.05, 0) is 31.4 Å². The van der Waals surface area contributed by atoms with Crippen molar-refractivity contribution in [2.24, 2.45) is 5.92 Å². The third-order valence-corrected chi connectivity index (χ3v) is 2.51. The van der Waals surface area contributed by atoms with Gasteiger partial charge in [0.15, 0.2) is 0 Å². The summed E-state index contributed by atoms with van der Waals surface area (Å²) in [6.07, 6.45) is 7.27. The van der Waals surface area contributed by atoms with Gasteiger partial charge < -0.3 is 9.88 Å². The van der Waals surface area contributed by atoms with E-state index in [2.05, 4.69) is 9.88 Å². The molecular formula is C11H16N2O. The first kappa shape index (κ1) is 9.31. The number of aromatic nitrogens is 1. The fourth-order valence-electron chi connectivity index (χ4n) is 1.48. The van der Waals surface area contributed by atoms with Crippen molar-refractivity contribution in [3.63, 3.8) is 0 Å². The zero-order chi connectivity index (χ0) is 9.80. The Kier molecular flexibility index (Phi) is 2.87. The van der Waals surface area contributed by atoms with Crippen LogP contribution in [0.4, 0.5) is 0 Å². The first-order valence-corrected chi connectivity index (χ1v) is 5.25. The molecule has 1 aliphatic carbocycles. The van der Waals surface area contributed by atoms with Gasteiger partial charge in [0.05, 0.1) is 0 Å². The molecule has 1 N–H and O–H groups in total. The van der Waals surface area contributed by atoms with Gasteiger partial charge in [0.1, 0.15) is 0 Å². The molecule has 1 aliphatic rings. The number of hydrogen-bond acceptors (Lipinski definition) is 1. The topological polar surface area (TPSA) is 34.0 Å². The number of carbonyl (C=O) groups is 1. The molecule has 1 aromatic rings. The van der Waals surface area contributed by atoms with Crippen molar-refractivity contribution in [3.05, 3.63) is 24.5 Å². The number of carbonyl (C=O) groups excluding carboxylic acids is 1. The molecule has 0 aliphatic heterocycles. The van der Waals surface area contributed by atoms with E-state index < -0.39 is 0 Å². The lowest BCUT2D eigenvalue weighted by molar-refractivity contribution is -0.122. The van der Waals surface area contributed by atoms with Crippen LogP contribution < -0.4 is 5.32 Å². The second-order valence-electron chi connectivity index (χ2n) is 3.84. The fraction of sp³-hybridized carbons (Fsp3) is 0.545. The van der Waals surface area contributed by atoms with Crippen LogP contribution in [0.2, 0.25) is 0 Å². The summed E-state index contributed by atoms with van der Waals surface area (Å²) in [5.74, 6) is 0.582. The Morgan fingerprint density at radius 2 is 2.07 bits per heavy atom. The van der Waals surface area contributed by atoms with Gasteiger partial charge in [-0.3, -0.25) is 4.79 Å². The lowest BCUT2D eigenvalue weighted by Gasteiger charge is -2.04. The smallest absolute Gasteiger partial charge is 0.223 e. The Morgan fingerprint density at radius 3 is 2.71 bits per heavy atom. The molecule has 0 unspecified atom stereocenters. The standard InChI is InChI=1S/C11H16N2O/c14-11(10-4-5-10)12-6-3-9-13-7-1-2-8-13/h1-2,7-8,10H,3-6,9H2,(H,12,14). The Balaban J connectivity index is 1.57. The lowest BCUT2D eigenvalue weighted by Crippen LogP contribution is -2.26. The van der Waals surface area contributed by atoms with Crippen molar-refractivity contribution in [3.8, 4) is 0 Å². The third kappa shape index (κ3) is 2.62. The van der Waals surface area contributed by atoms with Crippen LogP contribution in [0.5, 0.6) is 0 Å². The maximum Gasteiger partial charge on any atom is 0.223 e. The summed E-state index contributed by atoms with van der Waals surface area (Å²) < 4.78 is 2.13. The van der Waals surface area contributed by atoms with Gasteiger partial charge >= 0.3 is 0 Å². The molecule has 76 valence electrons. The maximum atomic E-state index is 11.2. The van der Waals surface area contributed by atoms with E-state index in [0.29, 0.717) is 5.92 Å². The summed E-state index contributed by atoms with van der Waals surface area (Å²) in [5, 5.41) is 2.95. The minimum absolute atomic E-state index is 0.248. The van der Waals surface area contributed by atoms with Crippen LogP contribution in [0.1, 0.15) is 19.3 Å². The largest absolute Gasteiger partial charge is 0.356 e. The quantitative estimate of drug-likeness (QED) is 0.703. The molecule has 1 amide bonds. The minimum Gasteiger partial charge on any atom is -0.356 e. The Labute approximate surface area is 84.1 Å². The number of hydrogen-bond donors (Lipinski definition) is 1. The number of nitrogens with zero attached hydrogens (tertiary/aromatic N) is 1. The molecule has 1 saturated carbocycles. The minimum atomic E-state index is 0.248. The molecular weight excluding hydrogens is 176 g/mol. The molecule has 0 saturated heterocycles. The third-order valence-electron chi connectivity index (χ3n) is 2.51. The second kappa shape index (κ2) is 4.31. The van der Waals surface area contributed by atoms with E-state index >= 15 is 0 Å². The van der Waals surface area contributed by atoms with Gasteiger partial charge in [0.2, 0.25) is 5.91 Å². The molecule has 1 fully saturated rings. The molecule has 1 aromatic heterocycles. The summed E-state index contributed by atoms with van der Waals surface area (Å²) in [6, 6.07) is 4.03. The van der Waals surface area contributed by atoms with Crippen LogP contribution in [0.25, 0.3) is 0 Å². The van der Waals surface area contributed by atoms with E-state index in [0.717, 1.165) is 32.4 Å². The zero-order valence-corrected chi connectivity index (χ0v) is 8.28. The molecule has 2 rings (SSSR count). The number of aryl methyl sites for hydroxylation is 1. The van der Waals surface area contributed by atoms with Gasteiger partial charge in [-0.2, -0.15) is 0 Å². The van der Waals surface area contributed by atoms with Crippen LogP contribution in [-0.2, 0) is 11.3 Å². The molecule has 0 radical (unpaired) electrons. The Hall–Kier alpha value is -1.25. The summed E-state index contributed by atoms with van der Waals surface area (Å²) in [7, 11) is 0. The van der Waals surface area contributed by atoms with E-state index in [1.165, 1.54) is 0 Å². The SMILES string of the molecule is O=C(NCCCn1cccc1)C1CC1. The van der Waals surface area contributed by atoms with E-state index in [4.69, 9.17) is 0 Å². The highest BCUT2D eigenvalue weighted by atomic mass is 16.2. The van der Waals surface area contributed by atoms with E-state index in [-0.39, 0.29) is 5.91 Å². The van der Waals surface area contributed by atoms with Crippen molar-refractivity contribution in [2.45, 2.75) is 25.8 Å². The summed E-state index contributed by atoms with van der Waals surface area (Å²) in [6.45, 7) is 1.78. The van der Waals surface area contributed by atoms with Gasteiger partial charge in [-0.1, -0.05) is 0 Å². The highest BCUT2D eigenvalue weighted by Gasteiger charge is 2.28. The van der Waals surface area contributed by atoms with E-state index in [1.807, 2.05) is 24.5 Å². The van der Waals surface area contributed by atoms with Gasteiger partial charge in [0, 0.05) is 31.4 Å². The summed E-state index contributed by atoms with van der Waals surface area (Å²) in [4.78, 5) is 11.2. The van der Waals surface area contributed by atoms with Crippen molar-refractivity contribution >= 4 is 5.91 Å². The average molecular weight is 192 g/mol. The van der Waals surface area contributed by atoms with Crippen molar-refractivity contribution in [2.75, 3.05) is 6.54 Å². The summed E-state index contributed by atoms with van der Waals surface area (Å²) >= 11 is 0. The monoisotopic (exact) mass is 192 g/mol. The second-order valence-corrected chi connectivity index (χ2v) is 3.84. The van der Waals surface area contributed by atoms with Gasteiger partial charge in [0.25, 0.3) is 0 Å². The van der Waals surface area contributed by atoms with Crippen LogP contribution in [0.15, 0.2) is 24.5 Å².